The Morgan fingerprint density at radius 2 is 2.00 bits per heavy atom. The van der Waals surface area contributed by atoms with E-state index in [2.05, 4.69) is 19.2 Å². The predicted octanol–water partition coefficient (Wildman–Crippen LogP) is 3.45. The van der Waals surface area contributed by atoms with Crippen molar-refractivity contribution in [2.45, 2.75) is 78.3 Å². The average Bonchev–Trinajstić information content (AvgIpc) is 2.37. The zero-order valence-corrected chi connectivity index (χ0v) is 13.9. The van der Waals surface area contributed by atoms with Crippen molar-refractivity contribution in [1.82, 2.24) is 5.32 Å². The molecule has 0 heterocycles. The standard InChI is InChI=1S/C16H33NO3/c1-6-8-9-14(7-2)12-20-11-10-16(5,15(18)19)17-13(3)4/h13-14,17H,6-12H2,1-5H3,(H,18,19). The number of ether oxygens (including phenoxy) is 1. The van der Waals surface area contributed by atoms with E-state index in [1.807, 2.05) is 13.8 Å². The van der Waals surface area contributed by atoms with Gasteiger partial charge in [0, 0.05) is 19.3 Å². The van der Waals surface area contributed by atoms with Gasteiger partial charge in [-0.3, -0.25) is 10.1 Å². The van der Waals surface area contributed by atoms with Crippen molar-refractivity contribution >= 4 is 5.97 Å². The molecule has 2 atom stereocenters. The normalized spacial score (nSPS) is 16.1. The molecule has 2 unspecified atom stereocenters. The maximum absolute atomic E-state index is 11.4. The lowest BCUT2D eigenvalue weighted by Gasteiger charge is -2.28. The molecule has 0 aliphatic rings. The fourth-order valence-corrected chi connectivity index (χ4v) is 2.30. The van der Waals surface area contributed by atoms with Crippen molar-refractivity contribution in [3.8, 4) is 0 Å². The molecule has 0 aromatic carbocycles. The maximum atomic E-state index is 11.4. The van der Waals surface area contributed by atoms with Crippen LogP contribution in [0.1, 0.15) is 66.7 Å². The molecule has 0 aliphatic heterocycles. The summed E-state index contributed by atoms with van der Waals surface area (Å²) in [7, 11) is 0. The van der Waals surface area contributed by atoms with Gasteiger partial charge >= 0.3 is 5.97 Å². The lowest BCUT2D eigenvalue weighted by Crippen LogP contribution is -2.53. The predicted molar refractivity (Wildman–Crippen MR) is 83.1 cm³/mol. The lowest BCUT2D eigenvalue weighted by molar-refractivity contribution is -0.145. The first-order valence-electron chi connectivity index (χ1n) is 7.94. The van der Waals surface area contributed by atoms with Gasteiger partial charge in [0.15, 0.2) is 0 Å². The first kappa shape index (κ1) is 19.4. The molecule has 0 saturated heterocycles. The largest absolute Gasteiger partial charge is 0.480 e. The molecular formula is C16H33NO3. The summed E-state index contributed by atoms with van der Waals surface area (Å²) in [5.74, 6) is -0.211. The van der Waals surface area contributed by atoms with Gasteiger partial charge in [-0.1, -0.05) is 33.1 Å². The smallest absolute Gasteiger partial charge is 0.323 e. The van der Waals surface area contributed by atoms with E-state index in [1.54, 1.807) is 6.92 Å². The topological polar surface area (TPSA) is 58.6 Å². The van der Waals surface area contributed by atoms with Crippen LogP contribution in [0.2, 0.25) is 0 Å². The van der Waals surface area contributed by atoms with Gasteiger partial charge in [0.25, 0.3) is 0 Å². The highest BCUT2D eigenvalue weighted by atomic mass is 16.5. The van der Waals surface area contributed by atoms with Crippen LogP contribution in [0.4, 0.5) is 0 Å². The Labute approximate surface area is 124 Å². The van der Waals surface area contributed by atoms with E-state index in [0.717, 1.165) is 13.0 Å². The summed E-state index contributed by atoms with van der Waals surface area (Å²) >= 11 is 0. The van der Waals surface area contributed by atoms with Crippen LogP contribution in [0.15, 0.2) is 0 Å². The Morgan fingerprint density at radius 3 is 2.45 bits per heavy atom. The van der Waals surface area contributed by atoms with E-state index in [9.17, 15) is 9.90 Å². The minimum absolute atomic E-state index is 0.143. The van der Waals surface area contributed by atoms with E-state index in [4.69, 9.17) is 4.74 Å². The molecule has 0 rings (SSSR count). The second-order valence-corrected chi connectivity index (χ2v) is 6.18. The number of carbonyl (C=O) groups is 1. The zero-order chi connectivity index (χ0) is 15.6. The maximum Gasteiger partial charge on any atom is 0.323 e. The summed E-state index contributed by atoms with van der Waals surface area (Å²) in [6, 6.07) is 0.143. The highest BCUT2D eigenvalue weighted by Gasteiger charge is 2.33. The first-order valence-corrected chi connectivity index (χ1v) is 7.94. The van der Waals surface area contributed by atoms with Crippen molar-refractivity contribution in [1.29, 1.82) is 0 Å². The third-order valence-corrected chi connectivity index (χ3v) is 3.72. The summed E-state index contributed by atoms with van der Waals surface area (Å²) in [4.78, 5) is 11.4. The van der Waals surface area contributed by atoms with Gasteiger partial charge in [0.05, 0.1) is 0 Å². The summed E-state index contributed by atoms with van der Waals surface area (Å²) in [5, 5.41) is 12.4. The molecule has 0 bridgehead atoms. The second kappa shape index (κ2) is 10.2. The van der Waals surface area contributed by atoms with Crippen molar-refractivity contribution in [2.75, 3.05) is 13.2 Å². The quantitative estimate of drug-likeness (QED) is 0.540. The van der Waals surface area contributed by atoms with Crippen molar-refractivity contribution in [3.05, 3.63) is 0 Å². The summed E-state index contributed by atoms with van der Waals surface area (Å²) in [6.07, 6.45) is 5.27. The summed E-state index contributed by atoms with van der Waals surface area (Å²) in [6.45, 7) is 11.3. The number of aliphatic carboxylic acids is 1. The number of rotatable bonds is 12. The molecule has 0 aromatic heterocycles. The highest BCUT2D eigenvalue weighted by molar-refractivity contribution is 5.78. The second-order valence-electron chi connectivity index (χ2n) is 6.18. The Hall–Kier alpha value is -0.610. The van der Waals surface area contributed by atoms with E-state index < -0.39 is 11.5 Å². The number of carboxylic acids is 1. The molecule has 0 spiro atoms. The number of carboxylic acid groups (broad SMARTS) is 1. The average molecular weight is 287 g/mol. The van der Waals surface area contributed by atoms with Crippen LogP contribution in [0, 0.1) is 5.92 Å². The van der Waals surface area contributed by atoms with Crippen LogP contribution in [-0.2, 0) is 9.53 Å². The van der Waals surface area contributed by atoms with Gasteiger partial charge in [-0.2, -0.15) is 0 Å². The number of unbranched alkanes of at least 4 members (excludes halogenated alkanes) is 1. The van der Waals surface area contributed by atoms with E-state index in [-0.39, 0.29) is 6.04 Å². The van der Waals surface area contributed by atoms with Crippen LogP contribution < -0.4 is 5.32 Å². The summed E-state index contributed by atoms with van der Waals surface area (Å²) in [5.41, 5.74) is -0.903. The van der Waals surface area contributed by atoms with Gasteiger partial charge < -0.3 is 9.84 Å². The summed E-state index contributed by atoms with van der Waals surface area (Å²) < 4.78 is 5.71. The highest BCUT2D eigenvalue weighted by Crippen LogP contribution is 2.15. The fraction of sp³-hybridized carbons (Fsp3) is 0.938. The fourth-order valence-electron chi connectivity index (χ4n) is 2.30. The molecule has 0 radical (unpaired) electrons. The van der Waals surface area contributed by atoms with Crippen LogP contribution in [0.5, 0.6) is 0 Å². The minimum atomic E-state index is -0.903. The molecular weight excluding hydrogens is 254 g/mol. The first-order chi connectivity index (χ1) is 9.35. The van der Waals surface area contributed by atoms with Crippen molar-refractivity contribution in [2.24, 2.45) is 5.92 Å². The Kier molecular flexibility index (Phi) is 9.86. The van der Waals surface area contributed by atoms with Crippen LogP contribution in [0.25, 0.3) is 0 Å². The molecule has 0 fully saturated rings. The number of nitrogens with one attached hydrogen (secondary N) is 1. The van der Waals surface area contributed by atoms with Crippen LogP contribution in [0.3, 0.4) is 0 Å². The molecule has 0 aromatic rings. The Balaban J connectivity index is 4.08. The lowest BCUT2D eigenvalue weighted by atomic mass is 9.97. The Bertz CT molecular complexity index is 268. The molecule has 0 amide bonds. The molecule has 20 heavy (non-hydrogen) atoms. The minimum Gasteiger partial charge on any atom is -0.480 e. The van der Waals surface area contributed by atoms with E-state index >= 15 is 0 Å². The monoisotopic (exact) mass is 287 g/mol. The van der Waals surface area contributed by atoms with Crippen molar-refractivity contribution in [3.63, 3.8) is 0 Å². The van der Waals surface area contributed by atoms with Gasteiger partial charge in [-0.15, -0.1) is 0 Å². The SMILES string of the molecule is CCCCC(CC)COCCC(C)(NC(C)C)C(=O)O. The van der Waals surface area contributed by atoms with Gasteiger partial charge in [0.2, 0.25) is 0 Å². The van der Waals surface area contributed by atoms with Gasteiger partial charge in [0.1, 0.15) is 5.54 Å². The molecule has 2 N–H and O–H groups in total. The zero-order valence-electron chi connectivity index (χ0n) is 13.9. The third kappa shape index (κ3) is 7.85. The number of hydrogen-bond donors (Lipinski definition) is 2. The van der Waals surface area contributed by atoms with Crippen molar-refractivity contribution < 1.29 is 14.6 Å². The van der Waals surface area contributed by atoms with Gasteiger partial charge in [-0.25, -0.2) is 0 Å². The Morgan fingerprint density at radius 1 is 1.35 bits per heavy atom. The van der Waals surface area contributed by atoms with E-state index in [0.29, 0.717) is 18.9 Å². The van der Waals surface area contributed by atoms with E-state index in [1.165, 1.54) is 19.3 Å². The van der Waals surface area contributed by atoms with Crippen LogP contribution in [-0.4, -0.2) is 35.9 Å². The third-order valence-electron chi connectivity index (χ3n) is 3.72. The van der Waals surface area contributed by atoms with Gasteiger partial charge in [-0.05, 0) is 39.5 Å². The molecule has 120 valence electrons. The molecule has 4 heteroatoms. The van der Waals surface area contributed by atoms with Crippen LogP contribution >= 0.6 is 0 Å². The molecule has 0 aliphatic carbocycles. The molecule has 0 saturated carbocycles. The number of hydrogen-bond acceptors (Lipinski definition) is 3. The molecule has 4 nitrogen and oxygen atoms in total.